The standard InChI is InChI=1S/C22H22O11/c1-30-15-4-9(2-3-11(15)24)14-7-13(26)18-12(25)5-10(6-16(18)32-14)31-22-21(29)20(28)19(27)17(8-23)33-22/h2-7,17,19-25,27-29H,8H2,1H3/t17?,19-,20+,21?,22-/m1/s1. The van der Waals surface area contributed by atoms with Crippen molar-refractivity contribution in [3.8, 4) is 34.3 Å². The van der Waals surface area contributed by atoms with Gasteiger partial charge in [-0.3, -0.25) is 4.79 Å². The number of aliphatic hydroxyl groups excluding tert-OH is 4. The van der Waals surface area contributed by atoms with E-state index in [9.17, 15) is 35.4 Å². The van der Waals surface area contributed by atoms with E-state index in [-0.39, 0.29) is 34.0 Å². The van der Waals surface area contributed by atoms with Gasteiger partial charge in [0.25, 0.3) is 0 Å². The lowest BCUT2D eigenvalue weighted by atomic mass is 9.99. The molecule has 33 heavy (non-hydrogen) atoms. The number of aromatic hydroxyl groups is 2. The van der Waals surface area contributed by atoms with Crippen molar-refractivity contribution >= 4 is 11.0 Å². The topological polar surface area (TPSA) is 179 Å². The van der Waals surface area contributed by atoms with E-state index in [1.165, 1.54) is 37.4 Å². The molecule has 176 valence electrons. The zero-order chi connectivity index (χ0) is 23.9. The Morgan fingerprint density at radius 1 is 0.970 bits per heavy atom. The maximum absolute atomic E-state index is 12.6. The van der Waals surface area contributed by atoms with Gasteiger partial charge in [0.2, 0.25) is 6.29 Å². The number of phenolic OH excluding ortho intramolecular Hbond substituents is 2. The Kier molecular flexibility index (Phi) is 6.15. The Balaban J connectivity index is 1.72. The molecule has 2 heterocycles. The van der Waals surface area contributed by atoms with E-state index >= 15 is 0 Å². The van der Waals surface area contributed by atoms with Crippen molar-refractivity contribution in [2.24, 2.45) is 0 Å². The number of phenols is 2. The molecule has 0 bridgehead atoms. The molecule has 0 spiro atoms. The first-order valence-electron chi connectivity index (χ1n) is 9.89. The molecule has 2 unspecified atom stereocenters. The monoisotopic (exact) mass is 462 g/mol. The minimum Gasteiger partial charge on any atom is -0.507 e. The first kappa shape index (κ1) is 22.8. The molecule has 11 heteroatoms. The maximum atomic E-state index is 12.6. The number of hydrogen-bond acceptors (Lipinski definition) is 11. The Bertz CT molecular complexity index is 1220. The molecule has 11 nitrogen and oxygen atoms in total. The second-order valence-corrected chi connectivity index (χ2v) is 7.49. The number of hydrogen-bond donors (Lipinski definition) is 6. The summed E-state index contributed by atoms with van der Waals surface area (Å²) in [5, 5.41) is 59.3. The molecule has 2 aromatic carbocycles. The largest absolute Gasteiger partial charge is 0.507 e. The molecule has 5 atom stereocenters. The molecule has 1 aromatic heterocycles. The van der Waals surface area contributed by atoms with Gasteiger partial charge in [0.15, 0.2) is 16.9 Å². The number of fused-ring (bicyclic) bond motifs is 1. The van der Waals surface area contributed by atoms with E-state index in [0.717, 1.165) is 6.07 Å². The summed E-state index contributed by atoms with van der Waals surface area (Å²) < 4.78 is 21.7. The van der Waals surface area contributed by atoms with Crippen molar-refractivity contribution in [3.63, 3.8) is 0 Å². The number of rotatable bonds is 5. The molecule has 1 aliphatic heterocycles. The molecule has 0 radical (unpaired) electrons. The highest BCUT2D eigenvalue weighted by atomic mass is 16.7. The summed E-state index contributed by atoms with van der Waals surface area (Å²) in [5.74, 6) is -0.353. The summed E-state index contributed by atoms with van der Waals surface area (Å²) in [5.41, 5.74) is -0.178. The van der Waals surface area contributed by atoms with Gasteiger partial charge in [0, 0.05) is 23.8 Å². The minimum atomic E-state index is -1.66. The summed E-state index contributed by atoms with van der Waals surface area (Å²) >= 11 is 0. The fraction of sp³-hybridized carbons (Fsp3) is 0.318. The van der Waals surface area contributed by atoms with Crippen LogP contribution < -0.4 is 14.9 Å². The van der Waals surface area contributed by atoms with Crippen molar-refractivity contribution in [3.05, 3.63) is 46.6 Å². The molecule has 3 aromatic rings. The number of aliphatic hydroxyl groups is 4. The molecule has 0 amide bonds. The Morgan fingerprint density at radius 3 is 2.42 bits per heavy atom. The SMILES string of the molecule is COc1cc(-c2cc(=O)c3c(O)cc(O[C@@H]4OC(CO)[C@@H](O)[C@H](O)C4O)cc3o2)ccc1O. The Hall–Kier alpha value is -3.35. The normalized spacial score (nSPS) is 25.2. The fourth-order valence-electron chi connectivity index (χ4n) is 3.58. The Morgan fingerprint density at radius 2 is 1.73 bits per heavy atom. The van der Waals surface area contributed by atoms with E-state index in [2.05, 4.69) is 0 Å². The lowest BCUT2D eigenvalue weighted by Crippen LogP contribution is -2.60. The lowest BCUT2D eigenvalue weighted by molar-refractivity contribution is -0.277. The van der Waals surface area contributed by atoms with Crippen molar-refractivity contribution in [2.75, 3.05) is 13.7 Å². The third-order valence-corrected chi connectivity index (χ3v) is 5.35. The van der Waals surface area contributed by atoms with Crippen LogP contribution >= 0.6 is 0 Å². The van der Waals surface area contributed by atoms with Crippen LogP contribution in [0.3, 0.4) is 0 Å². The van der Waals surface area contributed by atoms with Crippen LogP contribution in [-0.4, -0.2) is 75.1 Å². The molecule has 6 N–H and O–H groups in total. The van der Waals surface area contributed by atoms with Crippen molar-refractivity contribution < 1.29 is 49.3 Å². The number of ether oxygens (including phenoxy) is 3. The molecule has 1 fully saturated rings. The summed E-state index contributed by atoms with van der Waals surface area (Å²) in [6, 6.07) is 7.90. The van der Waals surface area contributed by atoms with Crippen LogP contribution in [0.5, 0.6) is 23.0 Å². The molecule has 1 saturated heterocycles. The van der Waals surface area contributed by atoms with Crippen molar-refractivity contribution in [1.82, 2.24) is 0 Å². The predicted octanol–water partition coefficient (Wildman–Crippen LogP) is 0.0585. The highest BCUT2D eigenvalue weighted by Crippen LogP contribution is 2.35. The zero-order valence-corrected chi connectivity index (χ0v) is 17.3. The van der Waals surface area contributed by atoms with E-state index in [0.29, 0.717) is 5.56 Å². The molecular formula is C22H22O11. The van der Waals surface area contributed by atoms with Gasteiger partial charge in [0.05, 0.1) is 13.7 Å². The van der Waals surface area contributed by atoms with Gasteiger partial charge in [-0.2, -0.15) is 0 Å². The molecule has 1 aliphatic rings. The van der Waals surface area contributed by atoms with E-state index < -0.39 is 48.5 Å². The summed E-state index contributed by atoms with van der Waals surface area (Å²) in [6.45, 7) is -0.637. The third-order valence-electron chi connectivity index (χ3n) is 5.35. The smallest absolute Gasteiger partial charge is 0.229 e. The minimum absolute atomic E-state index is 0.0517. The van der Waals surface area contributed by atoms with Gasteiger partial charge in [-0.1, -0.05) is 0 Å². The Labute approximate surface area is 186 Å². The lowest BCUT2D eigenvalue weighted by Gasteiger charge is -2.39. The average molecular weight is 462 g/mol. The highest BCUT2D eigenvalue weighted by Gasteiger charge is 2.44. The second kappa shape index (κ2) is 8.89. The van der Waals surface area contributed by atoms with Crippen molar-refractivity contribution in [2.45, 2.75) is 30.7 Å². The predicted molar refractivity (Wildman–Crippen MR) is 112 cm³/mol. The second-order valence-electron chi connectivity index (χ2n) is 7.49. The zero-order valence-electron chi connectivity index (χ0n) is 17.3. The molecule has 0 aliphatic carbocycles. The van der Waals surface area contributed by atoms with Crippen LogP contribution in [0, 0.1) is 0 Å². The molecular weight excluding hydrogens is 440 g/mol. The van der Waals surface area contributed by atoms with Gasteiger partial charge in [0.1, 0.15) is 52.6 Å². The van der Waals surface area contributed by atoms with E-state index in [1.54, 1.807) is 0 Å². The van der Waals surface area contributed by atoms with Crippen LogP contribution in [0.1, 0.15) is 0 Å². The molecule has 4 rings (SSSR count). The summed E-state index contributed by atoms with van der Waals surface area (Å²) in [6.07, 6.45) is -7.55. The molecule has 0 saturated carbocycles. The summed E-state index contributed by atoms with van der Waals surface area (Å²) in [4.78, 5) is 12.6. The first-order chi connectivity index (χ1) is 15.7. The van der Waals surface area contributed by atoms with Crippen LogP contribution in [0.4, 0.5) is 0 Å². The van der Waals surface area contributed by atoms with Gasteiger partial charge in [-0.25, -0.2) is 0 Å². The number of methoxy groups -OCH3 is 1. The van der Waals surface area contributed by atoms with Gasteiger partial charge < -0.3 is 49.3 Å². The highest BCUT2D eigenvalue weighted by molar-refractivity contribution is 5.86. The van der Waals surface area contributed by atoms with E-state index in [1.807, 2.05) is 0 Å². The van der Waals surface area contributed by atoms with Crippen molar-refractivity contribution in [1.29, 1.82) is 0 Å². The maximum Gasteiger partial charge on any atom is 0.229 e. The first-order valence-corrected chi connectivity index (χ1v) is 9.89. The van der Waals surface area contributed by atoms with Crippen LogP contribution in [0.2, 0.25) is 0 Å². The van der Waals surface area contributed by atoms with Gasteiger partial charge >= 0.3 is 0 Å². The third kappa shape index (κ3) is 4.19. The van der Waals surface area contributed by atoms with Gasteiger partial charge in [-0.05, 0) is 18.2 Å². The van der Waals surface area contributed by atoms with E-state index in [4.69, 9.17) is 18.6 Å². The van der Waals surface area contributed by atoms with Crippen LogP contribution in [-0.2, 0) is 4.74 Å². The average Bonchev–Trinajstić information content (AvgIpc) is 2.79. The van der Waals surface area contributed by atoms with Crippen LogP contribution in [0.15, 0.2) is 45.6 Å². The van der Waals surface area contributed by atoms with Gasteiger partial charge in [-0.15, -0.1) is 0 Å². The number of benzene rings is 2. The quantitative estimate of drug-likeness (QED) is 0.302. The fourth-order valence-corrected chi connectivity index (χ4v) is 3.58. The summed E-state index contributed by atoms with van der Waals surface area (Å²) in [7, 11) is 1.37. The van der Waals surface area contributed by atoms with Crippen LogP contribution in [0.25, 0.3) is 22.3 Å².